The van der Waals surface area contributed by atoms with Gasteiger partial charge in [0.15, 0.2) is 23.0 Å². The molecule has 0 aliphatic carbocycles. The number of hydrazine groups is 2. The molecule has 2 heterocycles. The third-order valence-corrected chi connectivity index (χ3v) is 13.8. The first-order valence-corrected chi connectivity index (χ1v) is 23.1. The first-order chi connectivity index (χ1) is 31.9. The number of aromatic hydroxyl groups is 6. The van der Waals surface area contributed by atoms with Gasteiger partial charge in [-0.05, 0) is 94.1 Å². The average molecular weight is 927 g/mol. The van der Waals surface area contributed by atoms with Crippen molar-refractivity contribution in [2.75, 3.05) is 0 Å². The summed E-state index contributed by atoms with van der Waals surface area (Å²) >= 11 is 2.30. The second kappa shape index (κ2) is 19.8. The van der Waals surface area contributed by atoms with Crippen molar-refractivity contribution in [3.05, 3.63) is 141 Å². The lowest BCUT2D eigenvalue weighted by atomic mass is 10.0. The standard InChI is InChI=1S/C50H46N4O10S2/c55-35-21-17-29(25-39(35)59)27-41-47(63)53(49(65-41)45-33-13-9-7-11-31(33)19-23-37(45)57)51-43(61)15-5-3-1-2-4-6-16-44(62)52-54-48(64)42(28-30-18-22-36(56)40(60)26-30)66-50(54)46-34-14-10-8-12-32(34)20-24-38(46)58/h7-14,17-28,49-50,55-60H,1-6,15-16H2,(H,51,61)(H,52,62)/b41-27+,42-28?. The van der Waals surface area contributed by atoms with Crippen LogP contribution < -0.4 is 10.9 Å². The van der Waals surface area contributed by atoms with Gasteiger partial charge in [0.2, 0.25) is 11.8 Å². The van der Waals surface area contributed by atoms with E-state index in [1.807, 2.05) is 48.5 Å². The molecule has 0 saturated carbocycles. The van der Waals surface area contributed by atoms with Gasteiger partial charge in [-0.15, -0.1) is 0 Å². The number of thioether (sulfide) groups is 2. The van der Waals surface area contributed by atoms with Gasteiger partial charge in [0, 0.05) is 24.0 Å². The molecule has 66 heavy (non-hydrogen) atoms. The molecule has 16 heteroatoms. The van der Waals surface area contributed by atoms with Gasteiger partial charge < -0.3 is 30.6 Å². The second-order valence-corrected chi connectivity index (χ2v) is 18.2. The second-order valence-electron chi connectivity index (χ2n) is 15.9. The van der Waals surface area contributed by atoms with E-state index in [-0.39, 0.29) is 69.0 Å². The fourth-order valence-corrected chi connectivity index (χ4v) is 10.5. The number of hydrogen-bond acceptors (Lipinski definition) is 12. The monoisotopic (exact) mass is 926 g/mol. The van der Waals surface area contributed by atoms with E-state index in [9.17, 15) is 49.8 Å². The molecule has 14 nitrogen and oxygen atoms in total. The Hall–Kier alpha value is -7.30. The molecule has 0 aromatic heterocycles. The number of fused-ring (bicyclic) bond motifs is 2. The zero-order valence-electron chi connectivity index (χ0n) is 35.4. The van der Waals surface area contributed by atoms with Crippen LogP contribution in [0.2, 0.25) is 0 Å². The van der Waals surface area contributed by atoms with Gasteiger partial charge in [0.25, 0.3) is 11.8 Å². The van der Waals surface area contributed by atoms with Gasteiger partial charge in [-0.1, -0.05) is 122 Å². The van der Waals surface area contributed by atoms with Crippen LogP contribution in [0.5, 0.6) is 34.5 Å². The summed E-state index contributed by atoms with van der Waals surface area (Å²) in [5.41, 5.74) is 7.39. The van der Waals surface area contributed by atoms with E-state index in [4.69, 9.17) is 0 Å². The van der Waals surface area contributed by atoms with Gasteiger partial charge in [-0.3, -0.25) is 30.0 Å². The highest BCUT2D eigenvalue weighted by Crippen LogP contribution is 2.51. The largest absolute Gasteiger partial charge is 0.508 e. The number of phenolic OH excluding ortho intramolecular Hbond substituents is 6. The van der Waals surface area contributed by atoms with Gasteiger partial charge in [-0.2, -0.15) is 0 Å². The number of nitrogens with one attached hydrogen (secondary N) is 2. The fraction of sp³-hybridized carbons (Fsp3) is 0.200. The summed E-state index contributed by atoms with van der Waals surface area (Å²) < 4.78 is 0. The van der Waals surface area contributed by atoms with E-state index in [1.54, 1.807) is 48.6 Å². The molecule has 0 radical (unpaired) electrons. The molecule has 338 valence electrons. The molecule has 6 aromatic rings. The zero-order valence-corrected chi connectivity index (χ0v) is 37.0. The highest BCUT2D eigenvalue weighted by molar-refractivity contribution is 8.05. The maximum absolute atomic E-state index is 13.9. The minimum Gasteiger partial charge on any atom is -0.508 e. The van der Waals surface area contributed by atoms with E-state index >= 15 is 0 Å². The molecule has 4 amide bonds. The first kappa shape index (κ1) is 45.3. The Balaban J connectivity index is 0.849. The molecule has 2 unspecified atom stereocenters. The van der Waals surface area contributed by atoms with Crippen LogP contribution in [0.3, 0.4) is 0 Å². The van der Waals surface area contributed by atoms with Crippen molar-refractivity contribution in [1.82, 2.24) is 20.9 Å². The molecule has 0 bridgehead atoms. The molecule has 2 fully saturated rings. The fourth-order valence-electron chi connectivity index (χ4n) is 7.99. The van der Waals surface area contributed by atoms with Gasteiger partial charge >= 0.3 is 0 Å². The summed E-state index contributed by atoms with van der Waals surface area (Å²) in [6.07, 6.45) is 7.47. The topological polar surface area (TPSA) is 220 Å². The van der Waals surface area contributed by atoms with Gasteiger partial charge in [0.05, 0.1) is 9.81 Å². The van der Waals surface area contributed by atoms with E-state index in [0.717, 1.165) is 60.0 Å². The summed E-state index contributed by atoms with van der Waals surface area (Å²) in [6, 6.07) is 29.9. The molecule has 2 atom stereocenters. The first-order valence-electron chi connectivity index (χ1n) is 21.3. The number of hydrogen-bond donors (Lipinski definition) is 8. The zero-order chi connectivity index (χ0) is 46.5. The van der Waals surface area contributed by atoms with E-state index in [2.05, 4.69) is 10.9 Å². The molecule has 2 aliphatic heterocycles. The number of carbonyl (C=O) groups excluding carboxylic acids is 4. The molecule has 0 spiro atoms. The number of rotatable bonds is 15. The summed E-state index contributed by atoms with van der Waals surface area (Å²) in [5, 5.41) is 65.8. The molecule has 2 aliphatic rings. The lowest BCUT2D eigenvalue weighted by Gasteiger charge is -2.25. The van der Waals surface area contributed by atoms with Crippen molar-refractivity contribution >= 4 is 80.8 Å². The maximum atomic E-state index is 13.9. The number of phenols is 6. The summed E-state index contributed by atoms with van der Waals surface area (Å²) in [7, 11) is 0. The Morgan fingerprint density at radius 1 is 0.485 bits per heavy atom. The highest BCUT2D eigenvalue weighted by Gasteiger charge is 2.42. The van der Waals surface area contributed by atoms with Crippen molar-refractivity contribution in [1.29, 1.82) is 0 Å². The highest BCUT2D eigenvalue weighted by atomic mass is 32.2. The Morgan fingerprint density at radius 3 is 1.27 bits per heavy atom. The molecular weight excluding hydrogens is 881 g/mol. The average Bonchev–Trinajstić information content (AvgIpc) is 3.76. The number of carbonyl (C=O) groups is 4. The smallest absolute Gasteiger partial charge is 0.280 e. The van der Waals surface area contributed by atoms with Crippen molar-refractivity contribution < 1.29 is 49.8 Å². The van der Waals surface area contributed by atoms with Crippen LogP contribution in [-0.2, 0) is 19.2 Å². The molecule has 8 N–H and O–H groups in total. The van der Waals surface area contributed by atoms with Crippen LogP contribution in [0, 0.1) is 0 Å². The molecular formula is C50H46N4O10S2. The minimum absolute atomic E-state index is 0.0380. The van der Waals surface area contributed by atoms with Crippen LogP contribution in [0.15, 0.2) is 119 Å². The van der Waals surface area contributed by atoms with Crippen molar-refractivity contribution in [3.8, 4) is 34.5 Å². The Kier molecular flexibility index (Phi) is 13.6. The van der Waals surface area contributed by atoms with Crippen LogP contribution in [-0.4, -0.2) is 64.3 Å². The maximum Gasteiger partial charge on any atom is 0.280 e. The number of benzene rings is 6. The summed E-state index contributed by atoms with van der Waals surface area (Å²) in [6.45, 7) is 0. The lowest BCUT2D eigenvalue weighted by Crippen LogP contribution is -2.44. The number of unbranched alkanes of at least 4 members (excludes halogenated alkanes) is 5. The normalized spacial score (nSPS) is 17.4. The van der Waals surface area contributed by atoms with Crippen LogP contribution in [0.4, 0.5) is 0 Å². The predicted molar refractivity (Wildman–Crippen MR) is 254 cm³/mol. The van der Waals surface area contributed by atoms with Crippen molar-refractivity contribution in [3.63, 3.8) is 0 Å². The SMILES string of the molecule is O=C(CCCCCCCCC(=O)NN1C(=O)/C(=C\c2ccc(O)c(O)c2)SC1c1c(O)ccc2ccccc12)NN1C(=O)C(=Cc2ccc(O)c(O)c2)SC1c1c(O)ccc2ccccc12. The third-order valence-electron chi connectivity index (χ3n) is 11.3. The minimum atomic E-state index is -0.806. The molecule has 6 aromatic carbocycles. The Morgan fingerprint density at radius 2 is 0.864 bits per heavy atom. The van der Waals surface area contributed by atoms with Gasteiger partial charge in [-0.25, -0.2) is 10.0 Å². The van der Waals surface area contributed by atoms with E-state index in [0.29, 0.717) is 45.9 Å². The predicted octanol–water partition coefficient (Wildman–Crippen LogP) is 9.34. The van der Waals surface area contributed by atoms with Crippen molar-refractivity contribution in [2.24, 2.45) is 0 Å². The van der Waals surface area contributed by atoms with Crippen LogP contribution in [0.25, 0.3) is 33.7 Å². The summed E-state index contributed by atoms with van der Waals surface area (Å²) in [4.78, 5) is 55.0. The Bertz CT molecular complexity index is 2740. The van der Waals surface area contributed by atoms with Crippen LogP contribution in [0.1, 0.15) is 84.4 Å². The molecule has 8 rings (SSSR count). The lowest BCUT2D eigenvalue weighted by molar-refractivity contribution is -0.138. The van der Waals surface area contributed by atoms with Gasteiger partial charge in [0.1, 0.15) is 22.2 Å². The van der Waals surface area contributed by atoms with E-state index < -0.39 is 22.6 Å². The number of nitrogens with zero attached hydrogens (tertiary/aromatic N) is 2. The molecule has 2 saturated heterocycles. The number of amides is 4. The van der Waals surface area contributed by atoms with Crippen molar-refractivity contribution in [2.45, 2.75) is 62.1 Å². The van der Waals surface area contributed by atoms with Crippen LogP contribution >= 0.6 is 23.5 Å². The van der Waals surface area contributed by atoms with E-state index in [1.165, 1.54) is 34.3 Å². The summed E-state index contributed by atoms with van der Waals surface area (Å²) in [5.74, 6) is -3.12. The Labute approximate surface area is 387 Å². The quantitative estimate of drug-likeness (QED) is 0.0274. The third kappa shape index (κ3) is 9.84.